The van der Waals surface area contributed by atoms with Gasteiger partial charge in [-0.05, 0) is 76.8 Å². The van der Waals surface area contributed by atoms with Crippen LogP contribution in [-0.2, 0) is 4.79 Å². The second-order valence-corrected chi connectivity index (χ2v) is 7.56. The zero-order valence-electron chi connectivity index (χ0n) is 13.1. The molecule has 3 atom stereocenters. The maximum Gasteiger partial charge on any atom is 0.226 e. The number of amides is 1. The molecule has 3 heteroatoms. The predicted molar refractivity (Wildman–Crippen MR) is 81.4 cm³/mol. The van der Waals surface area contributed by atoms with Crippen LogP contribution >= 0.6 is 0 Å². The van der Waals surface area contributed by atoms with Gasteiger partial charge < -0.3 is 10.2 Å². The number of fused-ring (bicyclic) bond motifs is 2. The van der Waals surface area contributed by atoms with E-state index in [4.69, 9.17) is 0 Å². The van der Waals surface area contributed by atoms with Gasteiger partial charge in [-0.2, -0.15) is 0 Å². The minimum Gasteiger partial charge on any atom is -0.340 e. The summed E-state index contributed by atoms with van der Waals surface area (Å²) in [6.07, 6.45) is 7.65. The number of hydrogen-bond acceptors (Lipinski definition) is 2. The number of nitrogens with one attached hydrogen (secondary N) is 1. The van der Waals surface area contributed by atoms with Crippen LogP contribution in [0.2, 0.25) is 0 Å². The van der Waals surface area contributed by atoms with Gasteiger partial charge in [0, 0.05) is 18.5 Å². The van der Waals surface area contributed by atoms with Crippen molar-refractivity contribution in [2.24, 2.45) is 23.7 Å². The van der Waals surface area contributed by atoms with E-state index in [1.807, 2.05) is 0 Å². The van der Waals surface area contributed by atoms with Crippen molar-refractivity contribution in [3.63, 3.8) is 0 Å². The summed E-state index contributed by atoms with van der Waals surface area (Å²) in [5.74, 6) is 3.12. The maximum atomic E-state index is 13.0. The highest BCUT2D eigenvalue weighted by molar-refractivity contribution is 5.80. The van der Waals surface area contributed by atoms with Crippen LogP contribution in [0.4, 0.5) is 0 Å². The molecule has 114 valence electrons. The Bertz CT molecular complexity index is 349. The Balaban J connectivity index is 1.62. The largest absolute Gasteiger partial charge is 0.340 e. The highest BCUT2D eigenvalue weighted by atomic mass is 16.2. The summed E-state index contributed by atoms with van der Waals surface area (Å²) in [7, 11) is 0. The molecule has 3 nitrogen and oxygen atoms in total. The van der Waals surface area contributed by atoms with Crippen molar-refractivity contribution >= 4 is 5.91 Å². The lowest BCUT2D eigenvalue weighted by Gasteiger charge is -2.36. The van der Waals surface area contributed by atoms with Crippen LogP contribution < -0.4 is 5.32 Å². The lowest BCUT2D eigenvalue weighted by Crippen LogP contribution is -2.46. The van der Waals surface area contributed by atoms with Crippen molar-refractivity contribution in [1.29, 1.82) is 0 Å². The monoisotopic (exact) mass is 278 g/mol. The van der Waals surface area contributed by atoms with Gasteiger partial charge in [0.25, 0.3) is 0 Å². The molecule has 1 saturated heterocycles. The molecule has 2 saturated carbocycles. The highest BCUT2D eigenvalue weighted by Gasteiger charge is 2.44. The van der Waals surface area contributed by atoms with Crippen LogP contribution in [0.15, 0.2) is 0 Å². The fourth-order valence-electron chi connectivity index (χ4n) is 4.66. The molecule has 0 aromatic heterocycles. The zero-order chi connectivity index (χ0) is 14.1. The summed E-state index contributed by atoms with van der Waals surface area (Å²) in [4.78, 5) is 15.2. The second kappa shape index (κ2) is 6.05. The Kier molecular flexibility index (Phi) is 4.34. The van der Waals surface area contributed by atoms with E-state index in [2.05, 4.69) is 24.1 Å². The normalized spacial score (nSPS) is 33.9. The van der Waals surface area contributed by atoms with Crippen LogP contribution in [0.3, 0.4) is 0 Å². The molecular weight excluding hydrogens is 248 g/mol. The van der Waals surface area contributed by atoms with E-state index in [9.17, 15) is 4.79 Å². The SMILES string of the molecule is CC(C)N(CC1CCNCC1)C(=O)C1CC2CCC1C2. The van der Waals surface area contributed by atoms with E-state index in [0.717, 1.165) is 25.6 Å². The fourth-order valence-corrected chi connectivity index (χ4v) is 4.66. The first-order chi connectivity index (χ1) is 9.65. The number of piperidine rings is 1. The Morgan fingerprint density at radius 2 is 1.90 bits per heavy atom. The number of hydrogen-bond donors (Lipinski definition) is 1. The van der Waals surface area contributed by atoms with Gasteiger partial charge in [-0.15, -0.1) is 0 Å². The first-order valence-corrected chi connectivity index (χ1v) is 8.66. The summed E-state index contributed by atoms with van der Waals surface area (Å²) in [5.41, 5.74) is 0. The van der Waals surface area contributed by atoms with Gasteiger partial charge in [-0.25, -0.2) is 0 Å². The van der Waals surface area contributed by atoms with E-state index >= 15 is 0 Å². The predicted octanol–water partition coefficient (Wildman–Crippen LogP) is 2.66. The summed E-state index contributed by atoms with van der Waals surface area (Å²) in [5, 5.41) is 3.42. The molecule has 2 bridgehead atoms. The second-order valence-electron chi connectivity index (χ2n) is 7.56. The van der Waals surface area contributed by atoms with Crippen molar-refractivity contribution in [2.45, 2.75) is 58.4 Å². The number of carbonyl (C=O) groups excluding carboxylic acids is 1. The average molecular weight is 278 g/mol. The van der Waals surface area contributed by atoms with Crippen LogP contribution in [0.1, 0.15) is 52.4 Å². The summed E-state index contributed by atoms with van der Waals surface area (Å²) < 4.78 is 0. The number of rotatable bonds is 4. The molecular formula is C17H30N2O. The van der Waals surface area contributed by atoms with Gasteiger partial charge in [0.2, 0.25) is 5.91 Å². The van der Waals surface area contributed by atoms with Gasteiger partial charge in [-0.1, -0.05) is 6.42 Å². The smallest absolute Gasteiger partial charge is 0.226 e. The summed E-state index contributed by atoms with van der Waals surface area (Å²) >= 11 is 0. The Labute approximate surface area is 123 Å². The van der Waals surface area contributed by atoms with Gasteiger partial charge in [-0.3, -0.25) is 4.79 Å². The summed E-state index contributed by atoms with van der Waals surface area (Å²) in [6, 6.07) is 0.358. The number of carbonyl (C=O) groups is 1. The first-order valence-electron chi connectivity index (χ1n) is 8.66. The van der Waals surface area contributed by atoms with Gasteiger partial charge in [0.15, 0.2) is 0 Å². The lowest BCUT2D eigenvalue weighted by molar-refractivity contribution is -0.139. The maximum absolute atomic E-state index is 13.0. The molecule has 0 aromatic carbocycles. The minimum absolute atomic E-state index is 0.358. The topological polar surface area (TPSA) is 32.3 Å². The molecule has 0 spiro atoms. The summed E-state index contributed by atoms with van der Waals surface area (Å²) in [6.45, 7) is 7.61. The molecule has 1 aliphatic heterocycles. The molecule has 1 heterocycles. The van der Waals surface area contributed by atoms with Crippen molar-refractivity contribution in [3.8, 4) is 0 Å². The third-order valence-electron chi connectivity index (χ3n) is 5.88. The van der Waals surface area contributed by atoms with Crippen LogP contribution in [0, 0.1) is 23.7 Å². The quantitative estimate of drug-likeness (QED) is 0.857. The Morgan fingerprint density at radius 1 is 1.15 bits per heavy atom. The Hall–Kier alpha value is -0.570. The molecule has 3 aliphatic rings. The van der Waals surface area contributed by atoms with Crippen molar-refractivity contribution in [1.82, 2.24) is 10.2 Å². The average Bonchev–Trinajstić information content (AvgIpc) is 3.07. The fraction of sp³-hybridized carbons (Fsp3) is 0.941. The van der Waals surface area contributed by atoms with Crippen molar-refractivity contribution in [2.75, 3.05) is 19.6 Å². The van der Waals surface area contributed by atoms with Gasteiger partial charge in [0.1, 0.15) is 0 Å². The molecule has 3 rings (SSSR count). The molecule has 20 heavy (non-hydrogen) atoms. The first kappa shape index (κ1) is 14.4. The molecule has 3 fully saturated rings. The Morgan fingerprint density at radius 3 is 2.45 bits per heavy atom. The van der Waals surface area contributed by atoms with Crippen LogP contribution in [0.5, 0.6) is 0 Å². The van der Waals surface area contributed by atoms with Crippen molar-refractivity contribution in [3.05, 3.63) is 0 Å². The lowest BCUT2D eigenvalue weighted by atomic mass is 9.87. The van der Waals surface area contributed by atoms with E-state index < -0.39 is 0 Å². The van der Waals surface area contributed by atoms with E-state index in [0.29, 0.717) is 29.7 Å². The van der Waals surface area contributed by atoms with Crippen LogP contribution in [-0.4, -0.2) is 36.5 Å². The van der Waals surface area contributed by atoms with E-state index in [1.54, 1.807) is 0 Å². The van der Waals surface area contributed by atoms with E-state index in [-0.39, 0.29) is 0 Å². The molecule has 1 N–H and O–H groups in total. The standard InChI is InChI=1S/C17H30N2O/c1-12(2)19(11-13-5-7-18-8-6-13)17(20)16-10-14-3-4-15(16)9-14/h12-16,18H,3-11H2,1-2H3. The van der Waals surface area contributed by atoms with Gasteiger partial charge >= 0.3 is 0 Å². The molecule has 0 radical (unpaired) electrons. The van der Waals surface area contributed by atoms with E-state index in [1.165, 1.54) is 38.5 Å². The van der Waals surface area contributed by atoms with Crippen LogP contribution in [0.25, 0.3) is 0 Å². The minimum atomic E-state index is 0.358. The molecule has 3 unspecified atom stereocenters. The zero-order valence-corrected chi connectivity index (χ0v) is 13.1. The highest BCUT2D eigenvalue weighted by Crippen LogP contribution is 2.49. The van der Waals surface area contributed by atoms with Gasteiger partial charge in [0.05, 0.1) is 0 Å². The third kappa shape index (κ3) is 2.88. The third-order valence-corrected chi connectivity index (χ3v) is 5.88. The molecule has 1 amide bonds. The van der Waals surface area contributed by atoms with Crippen molar-refractivity contribution < 1.29 is 4.79 Å². The number of nitrogens with zero attached hydrogens (tertiary/aromatic N) is 1. The molecule has 2 aliphatic carbocycles. The molecule has 0 aromatic rings.